The van der Waals surface area contributed by atoms with Crippen molar-refractivity contribution in [1.29, 1.82) is 0 Å². The van der Waals surface area contributed by atoms with E-state index < -0.39 is 17.6 Å². The summed E-state index contributed by atoms with van der Waals surface area (Å²) >= 11 is 14.6. The van der Waals surface area contributed by atoms with Crippen molar-refractivity contribution in [3.63, 3.8) is 0 Å². The van der Waals surface area contributed by atoms with Gasteiger partial charge >= 0.3 is 0 Å². The lowest BCUT2D eigenvalue weighted by Gasteiger charge is -2.24. The van der Waals surface area contributed by atoms with Crippen molar-refractivity contribution in [2.45, 2.75) is 6.54 Å². The van der Waals surface area contributed by atoms with E-state index in [-0.39, 0.29) is 17.2 Å². The van der Waals surface area contributed by atoms with Gasteiger partial charge in [0.1, 0.15) is 11.4 Å². The fourth-order valence-electron chi connectivity index (χ4n) is 3.30. The van der Waals surface area contributed by atoms with E-state index in [1.54, 1.807) is 18.3 Å². The number of benzene rings is 2. The lowest BCUT2D eigenvalue weighted by molar-refractivity contribution is -0.128. The van der Waals surface area contributed by atoms with Gasteiger partial charge in [0.15, 0.2) is 5.11 Å². The van der Waals surface area contributed by atoms with Gasteiger partial charge in [-0.15, -0.1) is 0 Å². The minimum Gasteiger partial charge on any atom is -0.342 e. The Balaban J connectivity index is 1.85. The monoisotopic (exact) mass is 505 g/mol. The van der Waals surface area contributed by atoms with Gasteiger partial charge in [-0.2, -0.15) is 0 Å². The molecular weight excluding hydrogens is 493 g/mol. The van der Waals surface area contributed by atoms with Crippen molar-refractivity contribution < 1.29 is 14.0 Å². The zero-order valence-corrected chi connectivity index (χ0v) is 18.7. The van der Waals surface area contributed by atoms with Crippen LogP contribution in [0.15, 0.2) is 52.6 Å². The van der Waals surface area contributed by atoms with Gasteiger partial charge in [-0.25, -0.2) is 4.39 Å². The Morgan fingerprint density at radius 3 is 2.77 bits per heavy atom. The molecule has 0 unspecified atom stereocenters. The molecule has 1 aromatic heterocycles. The molecule has 2 aromatic carbocycles. The quantitative estimate of drug-likeness (QED) is 0.323. The number of fused-ring (bicyclic) bond motifs is 1. The molecule has 0 saturated carbocycles. The number of nitrogens with zero attached hydrogens (tertiary/aromatic N) is 2. The highest BCUT2D eigenvalue weighted by atomic mass is 79.9. The molecule has 0 atom stereocenters. The summed E-state index contributed by atoms with van der Waals surface area (Å²) in [5, 5.41) is 3.67. The van der Waals surface area contributed by atoms with Crippen LogP contribution in [-0.4, -0.2) is 33.4 Å². The third-order valence-electron chi connectivity index (χ3n) is 4.87. The first-order valence-electron chi connectivity index (χ1n) is 8.82. The summed E-state index contributed by atoms with van der Waals surface area (Å²) in [5.41, 5.74) is 1.76. The maximum atomic E-state index is 14.3. The van der Waals surface area contributed by atoms with Gasteiger partial charge in [0, 0.05) is 44.8 Å². The maximum Gasteiger partial charge on any atom is 0.265 e. The number of carbonyl (C=O) groups excluding carboxylic acids is 2. The van der Waals surface area contributed by atoms with Crippen LogP contribution in [0.5, 0.6) is 0 Å². The molecule has 2 amide bonds. The van der Waals surface area contributed by atoms with Crippen molar-refractivity contribution in [3.8, 4) is 0 Å². The smallest absolute Gasteiger partial charge is 0.265 e. The topological polar surface area (TPSA) is 54.3 Å². The Kier molecular flexibility index (Phi) is 5.48. The highest BCUT2D eigenvalue weighted by Gasteiger charge is 2.31. The minimum atomic E-state index is -0.559. The van der Waals surface area contributed by atoms with Crippen LogP contribution in [0.2, 0.25) is 5.02 Å². The number of thiocarbonyl (C=S) groups is 1. The SMILES string of the molecule is CN1C(=O)/C(=C\c2cn(Cc3c(F)cccc3Cl)c3ccc(Br)cc23)C(=O)NC1=S. The first-order valence-corrected chi connectivity index (χ1v) is 10.4. The Hall–Kier alpha value is -2.55. The van der Waals surface area contributed by atoms with Crippen LogP contribution >= 0.6 is 39.7 Å². The number of likely N-dealkylation sites (N-methyl/N-ethyl adjacent to an activating group) is 1. The third kappa shape index (κ3) is 3.66. The number of aromatic nitrogens is 1. The number of amides is 2. The Morgan fingerprint density at radius 1 is 1.27 bits per heavy atom. The summed E-state index contributed by atoms with van der Waals surface area (Å²) in [5.74, 6) is -1.45. The number of halogens is 3. The normalized spacial score (nSPS) is 15.9. The average molecular weight is 507 g/mol. The number of nitrogens with one attached hydrogen (secondary N) is 1. The van der Waals surface area contributed by atoms with Crippen molar-refractivity contribution in [1.82, 2.24) is 14.8 Å². The van der Waals surface area contributed by atoms with Crippen molar-refractivity contribution in [3.05, 3.63) is 74.6 Å². The maximum absolute atomic E-state index is 14.3. The third-order valence-corrected chi connectivity index (χ3v) is 6.09. The molecule has 30 heavy (non-hydrogen) atoms. The summed E-state index contributed by atoms with van der Waals surface area (Å²) in [6.07, 6.45) is 3.28. The van der Waals surface area contributed by atoms with Gasteiger partial charge in [0.2, 0.25) is 0 Å². The van der Waals surface area contributed by atoms with Crippen LogP contribution in [0, 0.1) is 5.82 Å². The summed E-state index contributed by atoms with van der Waals surface area (Å²) in [4.78, 5) is 26.1. The van der Waals surface area contributed by atoms with E-state index >= 15 is 0 Å². The Labute approximate surface area is 190 Å². The molecule has 152 valence electrons. The number of hydrogen-bond donors (Lipinski definition) is 1. The summed E-state index contributed by atoms with van der Waals surface area (Å²) in [6.45, 7) is 0.191. The molecule has 1 fully saturated rings. The standard InChI is InChI=1S/C21H14BrClFN3O2S/c1-26-20(29)14(19(28)25-21(26)30)7-11-9-27(18-6-5-12(22)8-13(11)18)10-15-16(23)3-2-4-17(15)24/h2-9H,10H2,1H3,(H,25,28,30)/b14-7-. The first-order chi connectivity index (χ1) is 14.3. The molecular formula is C21H14BrClFN3O2S. The zero-order valence-electron chi connectivity index (χ0n) is 15.6. The van der Waals surface area contributed by atoms with Crippen LogP contribution in [0.1, 0.15) is 11.1 Å². The van der Waals surface area contributed by atoms with Crippen LogP contribution in [-0.2, 0) is 16.1 Å². The average Bonchev–Trinajstić information content (AvgIpc) is 3.03. The van der Waals surface area contributed by atoms with Crippen molar-refractivity contribution >= 4 is 73.7 Å². The molecule has 0 radical (unpaired) electrons. The zero-order chi connectivity index (χ0) is 21.6. The fourth-order valence-corrected chi connectivity index (χ4v) is 4.06. The van der Waals surface area contributed by atoms with E-state index in [0.29, 0.717) is 16.1 Å². The molecule has 1 aliphatic rings. The lowest BCUT2D eigenvalue weighted by Crippen LogP contribution is -2.52. The molecule has 1 saturated heterocycles. The Bertz CT molecular complexity index is 1250. The molecule has 3 aromatic rings. The minimum absolute atomic E-state index is 0.0333. The van der Waals surface area contributed by atoms with E-state index in [2.05, 4.69) is 21.2 Å². The van der Waals surface area contributed by atoms with Crippen LogP contribution < -0.4 is 5.32 Å². The molecule has 2 heterocycles. The van der Waals surface area contributed by atoms with Gasteiger partial charge in [-0.3, -0.25) is 19.8 Å². The Morgan fingerprint density at radius 2 is 2.03 bits per heavy atom. The lowest BCUT2D eigenvalue weighted by atomic mass is 10.1. The van der Waals surface area contributed by atoms with Crippen LogP contribution in [0.4, 0.5) is 4.39 Å². The highest BCUT2D eigenvalue weighted by molar-refractivity contribution is 9.10. The fraction of sp³-hybridized carbons (Fsp3) is 0.0952. The second-order valence-electron chi connectivity index (χ2n) is 6.76. The van der Waals surface area contributed by atoms with Crippen LogP contribution in [0.25, 0.3) is 17.0 Å². The molecule has 4 rings (SSSR count). The van der Waals surface area contributed by atoms with Gasteiger partial charge in [0.25, 0.3) is 11.8 Å². The molecule has 1 N–H and O–H groups in total. The first kappa shape index (κ1) is 20.7. The summed E-state index contributed by atoms with van der Waals surface area (Å²) < 4.78 is 17.0. The molecule has 1 aliphatic heterocycles. The molecule has 0 aliphatic carbocycles. The van der Waals surface area contributed by atoms with E-state index in [1.165, 1.54) is 24.1 Å². The second kappa shape index (κ2) is 7.94. The van der Waals surface area contributed by atoms with Crippen molar-refractivity contribution in [2.75, 3.05) is 7.05 Å². The highest BCUT2D eigenvalue weighted by Crippen LogP contribution is 2.30. The number of carbonyl (C=O) groups is 2. The molecule has 5 nitrogen and oxygen atoms in total. The van der Waals surface area contributed by atoms with E-state index in [4.69, 9.17) is 23.8 Å². The van der Waals surface area contributed by atoms with E-state index in [1.807, 2.05) is 22.8 Å². The van der Waals surface area contributed by atoms with Crippen molar-refractivity contribution in [2.24, 2.45) is 0 Å². The van der Waals surface area contributed by atoms with Gasteiger partial charge in [-0.05, 0) is 48.6 Å². The van der Waals surface area contributed by atoms with Gasteiger partial charge in [0.05, 0.1) is 6.54 Å². The number of hydrogen-bond acceptors (Lipinski definition) is 3. The molecule has 0 bridgehead atoms. The van der Waals surface area contributed by atoms with E-state index in [9.17, 15) is 14.0 Å². The summed E-state index contributed by atoms with van der Waals surface area (Å²) in [6, 6.07) is 10.2. The number of rotatable bonds is 3. The van der Waals surface area contributed by atoms with Crippen LogP contribution in [0.3, 0.4) is 0 Å². The largest absolute Gasteiger partial charge is 0.342 e. The van der Waals surface area contributed by atoms with E-state index in [0.717, 1.165) is 15.4 Å². The molecule has 9 heteroatoms. The molecule has 0 spiro atoms. The second-order valence-corrected chi connectivity index (χ2v) is 8.47. The predicted octanol–water partition coefficient (Wildman–Crippen LogP) is 4.50. The van der Waals surface area contributed by atoms with Gasteiger partial charge in [-0.1, -0.05) is 33.6 Å². The summed E-state index contributed by atoms with van der Waals surface area (Å²) in [7, 11) is 1.50. The predicted molar refractivity (Wildman–Crippen MR) is 122 cm³/mol. The van der Waals surface area contributed by atoms with Gasteiger partial charge < -0.3 is 4.57 Å².